The summed E-state index contributed by atoms with van der Waals surface area (Å²) >= 11 is 6.10. The van der Waals surface area contributed by atoms with Crippen molar-refractivity contribution in [2.24, 2.45) is 5.10 Å². The number of H-pyrrole nitrogens is 1. The molecular weight excluding hydrogens is 290 g/mol. The van der Waals surface area contributed by atoms with Gasteiger partial charge < -0.3 is 15.1 Å². The number of halogens is 1. The summed E-state index contributed by atoms with van der Waals surface area (Å²) in [4.78, 5) is 14.8. The third-order valence-corrected chi connectivity index (χ3v) is 3.04. The lowest BCUT2D eigenvalue weighted by atomic mass is 10.1. The van der Waals surface area contributed by atoms with E-state index in [2.05, 4.69) is 15.5 Å². The second-order valence-electron chi connectivity index (χ2n) is 5.75. The Morgan fingerprint density at radius 1 is 1.33 bits per heavy atom. The Bertz CT molecular complexity index is 745. The summed E-state index contributed by atoms with van der Waals surface area (Å²) in [5, 5.41) is 5.39. The first-order valence-corrected chi connectivity index (χ1v) is 6.89. The van der Waals surface area contributed by atoms with Crippen LogP contribution in [0.2, 0.25) is 5.02 Å². The van der Waals surface area contributed by atoms with Crippen molar-refractivity contribution in [3.05, 3.63) is 39.1 Å². The lowest BCUT2D eigenvalue weighted by Crippen LogP contribution is -2.31. The molecule has 1 aromatic heterocycles. The van der Waals surface area contributed by atoms with Crippen LogP contribution in [0.1, 0.15) is 26.3 Å². The van der Waals surface area contributed by atoms with E-state index in [0.29, 0.717) is 21.9 Å². The van der Waals surface area contributed by atoms with Crippen LogP contribution in [0.4, 0.5) is 0 Å². The number of nitrogens with one attached hydrogen (secondary N) is 2. The summed E-state index contributed by atoms with van der Waals surface area (Å²) in [5.41, 5.74) is 3.70. The molecule has 0 aliphatic heterocycles. The predicted molar refractivity (Wildman–Crippen MR) is 86.6 cm³/mol. The number of pyridine rings is 1. The highest BCUT2D eigenvalue weighted by atomic mass is 35.5. The number of aromatic amines is 1. The van der Waals surface area contributed by atoms with E-state index in [-0.39, 0.29) is 11.1 Å². The molecule has 5 nitrogen and oxygen atoms in total. The standard InChI is InChI=1S/C15H18ClN3O2/c1-15(2,3)19-17-8-10-5-9-6-11(16)13(21-4)7-12(9)18-14(10)20/h5-8,19H,1-4H3,(H,18,20)/b17-8+. The summed E-state index contributed by atoms with van der Waals surface area (Å²) in [6, 6.07) is 5.20. The van der Waals surface area contributed by atoms with Gasteiger partial charge >= 0.3 is 0 Å². The van der Waals surface area contributed by atoms with Crippen LogP contribution in [0, 0.1) is 0 Å². The molecule has 0 aliphatic carbocycles. The van der Waals surface area contributed by atoms with Crippen LogP contribution in [-0.2, 0) is 0 Å². The molecule has 2 N–H and O–H groups in total. The first kappa shape index (κ1) is 15.4. The van der Waals surface area contributed by atoms with Crippen LogP contribution >= 0.6 is 11.6 Å². The van der Waals surface area contributed by atoms with Gasteiger partial charge in [-0.15, -0.1) is 0 Å². The lowest BCUT2D eigenvalue weighted by Gasteiger charge is -2.16. The number of benzene rings is 1. The zero-order valence-corrected chi connectivity index (χ0v) is 13.2. The molecule has 0 aliphatic rings. The quantitative estimate of drug-likeness (QED) is 0.677. The van der Waals surface area contributed by atoms with Crippen molar-refractivity contribution in [3.8, 4) is 5.75 Å². The van der Waals surface area contributed by atoms with E-state index >= 15 is 0 Å². The van der Waals surface area contributed by atoms with Crippen molar-refractivity contribution in [1.29, 1.82) is 0 Å². The first-order chi connectivity index (χ1) is 9.80. The molecule has 0 fully saturated rings. The number of hydrogen-bond acceptors (Lipinski definition) is 4. The van der Waals surface area contributed by atoms with Crippen LogP contribution in [0.25, 0.3) is 10.9 Å². The molecule has 0 bridgehead atoms. The smallest absolute Gasteiger partial charge is 0.257 e. The van der Waals surface area contributed by atoms with Crippen LogP contribution in [-0.4, -0.2) is 23.8 Å². The molecule has 0 amide bonds. The zero-order valence-electron chi connectivity index (χ0n) is 12.5. The van der Waals surface area contributed by atoms with Gasteiger partial charge in [0.05, 0.1) is 29.4 Å². The number of nitrogens with zero attached hydrogens (tertiary/aromatic N) is 1. The molecule has 21 heavy (non-hydrogen) atoms. The molecule has 2 aromatic rings. The van der Waals surface area contributed by atoms with Crippen molar-refractivity contribution in [2.45, 2.75) is 26.3 Å². The average molecular weight is 308 g/mol. The maximum atomic E-state index is 12.0. The molecule has 1 aromatic carbocycles. The summed E-state index contributed by atoms with van der Waals surface area (Å²) in [6.07, 6.45) is 1.50. The van der Waals surface area contributed by atoms with Crippen LogP contribution in [0.5, 0.6) is 5.75 Å². The van der Waals surface area contributed by atoms with Gasteiger partial charge in [0, 0.05) is 17.0 Å². The molecule has 0 spiro atoms. The van der Waals surface area contributed by atoms with E-state index in [1.54, 1.807) is 18.2 Å². The van der Waals surface area contributed by atoms with E-state index in [1.807, 2.05) is 20.8 Å². The van der Waals surface area contributed by atoms with Gasteiger partial charge in [0.25, 0.3) is 5.56 Å². The van der Waals surface area contributed by atoms with Crippen molar-refractivity contribution < 1.29 is 4.74 Å². The minimum absolute atomic E-state index is 0.156. The second kappa shape index (κ2) is 5.77. The average Bonchev–Trinajstić information content (AvgIpc) is 2.38. The highest BCUT2D eigenvalue weighted by Crippen LogP contribution is 2.28. The monoisotopic (exact) mass is 307 g/mol. The first-order valence-electron chi connectivity index (χ1n) is 6.51. The topological polar surface area (TPSA) is 66.5 Å². The van der Waals surface area contributed by atoms with E-state index in [0.717, 1.165) is 5.39 Å². The Kier molecular flexibility index (Phi) is 4.23. The molecule has 0 unspecified atom stereocenters. The van der Waals surface area contributed by atoms with E-state index in [4.69, 9.17) is 16.3 Å². The van der Waals surface area contributed by atoms with Gasteiger partial charge in [-0.05, 0) is 32.9 Å². The van der Waals surface area contributed by atoms with Gasteiger partial charge in [0.1, 0.15) is 5.75 Å². The molecule has 0 radical (unpaired) electrons. The molecule has 2 rings (SSSR count). The summed E-state index contributed by atoms with van der Waals surface area (Å²) in [5.74, 6) is 0.524. The van der Waals surface area contributed by atoms with Gasteiger partial charge in [0.2, 0.25) is 0 Å². The van der Waals surface area contributed by atoms with Gasteiger partial charge in [-0.3, -0.25) is 4.79 Å². The van der Waals surface area contributed by atoms with Crippen LogP contribution < -0.4 is 15.7 Å². The number of ether oxygens (including phenoxy) is 1. The Balaban J connectivity index is 2.43. The lowest BCUT2D eigenvalue weighted by molar-refractivity contribution is 0.415. The molecule has 112 valence electrons. The number of aromatic nitrogens is 1. The Labute approximate surface area is 128 Å². The molecule has 1 heterocycles. The van der Waals surface area contributed by atoms with E-state index in [1.165, 1.54) is 13.3 Å². The van der Waals surface area contributed by atoms with Gasteiger partial charge in [-0.25, -0.2) is 0 Å². The Morgan fingerprint density at radius 2 is 2.05 bits per heavy atom. The van der Waals surface area contributed by atoms with Crippen molar-refractivity contribution >= 4 is 28.7 Å². The SMILES string of the molecule is COc1cc2[nH]c(=O)c(/C=N/NC(C)(C)C)cc2cc1Cl. The summed E-state index contributed by atoms with van der Waals surface area (Å²) < 4.78 is 5.14. The zero-order chi connectivity index (χ0) is 15.6. The van der Waals surface area contributed by atoms with Crippen LogP contribution in [0.3, 0.4) is 0 Å². The van der Waals surface area contributed by atoms with Crippen molar-refractivity contribution in [1.82, 2.24) is 10.4 Å². The highest BCUT2D eigenvalue weighted by molar-refractivity contribution is 6.32. The third-order valence-electron chi connectivity index (χ3n) is 2.75. The van der Waals surface area contributed by atoms with Crippen molar-refractivity contribution in [2.75, 3.05) is 7.11 Å². The maximum Gasteiger partial charge on any atom is 0.257 e. The molecular formula is C15H18ClN3O2. The minimum atomic E-state index is -0.216. The molecule has 0 atom stereocenters. The highest BCUT2D eigenvalue weighted by Gasteiger charge is 2.08. The normalized spacial score (nSPS) is 12.0. The summed E-state index contributed by atoms with van der Waals surface area (Å²) in [6.45, 7) is 5.96. The fourth-order valence-electron chi connectivity index (χ4n) is 1.77. The van der Waals surface area contributed by atoms with Gasteiger partial charge in [0.15, 0.2) is 0 Å². The largest absolute Gasteiger partial charge is 0.495 e. The minimum Gasteiger partial charge on any atom is -0.495 e. The van der Waals surface area contributed by atoms with Gasteiger partial charge in [-0.2, -0.15) is 5.10 Å². The number of methoxy groups -OCH3 is 1. The molecule has 0 saturated heterocycles. The van der Waals surface area contributed by atoms with E-state index in [9.17, 15) is 4.79 Å². The predicted octanol–water partition coefficient (Wildman–Crippen LogP) is 2.91. The van der Waals surface area contributed by atoms with Gasteiger partial charge in [-0.1, -0.05) is 11.6 Å². The maximum absolute atomic E-state index is 12.0. The Hall–Kier alpha value is -2.01. The molecule has 0 saturated carbocycles. The second-order valence-corrected chi connectivity index (χ2v) is 6.16. The number of fused-ring (bicyclic) bond motifs is 1. The Morgan fingerprint density at radius 3 is 2.67 bits per heavy atom. The number of rotatable bonds is 3. The van der Waals surface area contributed by atoms with Crippen molar-refractivity contribution in [3.63, 3.8) is 0 Å². The van der Waals surface area contributed by atoms with Crippen LogP contribution in [0.15, 0.2) is 28.1 Å². The number of hydrazone groups is 1. The molecule has 6 heteroatoms. The fourth-order valence-corrected chi connectivity index (χ4v) is 2.02. The number of hydrogen-bond donors (Lipinski definition) is 2. The fraction of sp³-hybridized carbons (Fsp3) is 0.333. The summed E-state index contributed by atoms with van der Waals surface area (Å²) in [7, 11) is 1.53. The third kappa shape index (κ3) is 3.76. The van der Waals surface area contributed by atoms with E-state index < -0.39 is 0 Å².